The fourth-order valence-corrected chi connectivity index (χ4v) is 4.30. The van der Waals surface area contributed by atoms with Gasteiger partial charge in [-0.1, -0.05) is 12.8 Å². The average Bonchev–Trinajstić information content (AvgIpc) is 3.10. The molecule has 1 aliphatic carbocycles. The van der Waals surface area contributed by atoms with Crippen LogP contribution in [0, 0.1) is 23.2 Å². The van der Waals surface area contributed by atoms with Gasteiger partial charge in [0.25, 0.3) is 0 Å². The first-order valence-electron chi connectivity index (χ1n) is 9.42. The second kappa shape index (κ2) is 8.01. The van der Waals surface area contributed by atoms with Crippen molar-refractivity contribution < 1.29 is 4.79 Å². The quantitative estimate of drug-likeness (QED) is 0.870. The van der Waals surface area contributed by atoms with Crippen LogP contribution in [0.5, 0.6) is 0 Å². The summed E-state index contributed by atoms with van der Waals surface area (Å²) in [6.07, 6.45) is 9.46. The minimum absolute atomic E-state index is 0.0793. The van der Waals surface area contributed by atoms with Gasteiger partial charge in [-0.3, -0.25) is 0 Å². The van der Waals surface area contributed by atoms with Crippen LogP contribution in [0.3, 0.4) is 0 Å². The lowest BCUT2D eigenvalue weighted by Crippen LogP contribution is -2.51. The smallest absolute Gasteiger partial charge is 0.317 e. The molecule has 0 unspecified atom stereocenters. The number of nitriles is 1. The lowest BCUT2D eigenvalue weighted by molar-refractivity contribution is 0.152. The van der Waals surface area contributed by atoms with Gasteiger partial charge in [-0.05, 0) is 44.4 Å². The lowest BCUT2D eigenvalue weighted by atomic mass is 9.99. The van der Waals surface area contributed by atoms with E-state index in [9.17, 15) is 4.79 Å². The first-order valence-corrected chi connectivity index (χ1v) is 9.42. The maximum absolute atomic E-state index is 12.3. The van der Waals surface area contributed by atoms with Crippen LogP contribution in [0.4, 0.5) is 4.79 Å². The Morgan fingerprint density at radius 2 is 1.65 bits per heavy atom. The molecule has 0 aromatic heterocycles. The molecule has 1 saturated carbocycles. The van der Waals surface area contributed by atoms with Crippen molar-refractivity contribution in [1.29, 1.82) is 5.26 Å². The maximum atomic E-state index is 12.3. The highest BCUT2D eigenvalue weighted by Crippen LogP contribution is 2.26. The van der Waals surface area contributed by atoms with E-state index < -0.39 is 0 Å². The zero-order chi connectivity index (χ0) is 16.1. The number of rotatable bonds is 3. The molecule has 5 nitrogen and oxygen atoms in total. The fraction of sp³-hybridized carbons (Fsp3) is 0.889. The third-order valence-electron chi connectivity index (χ3n) is 5.87. The van der Waals surface area contributed by atoms with Crippen LogP contribution in [0.2, 0.25) is 0 Å². The predicted octanol–water partition coefficient (Wildman–Crippen LogP) is 2.59. The molecule has 3 aliphatic rings. The summed E-state index contributed by atoms with van der Waals surface area (Å²) in [7, 11) is 0. The number of carbonyl (C=O) groups excluding carboxylic acids is 1. The SMILES string of the molecule is N#CC1CCN(C(=O)NC2CCN(CC3CCCC3)CC2)CC1. The van der Waals surface area contributed by atoms with Crippen molar-refractivity contribution in [1.82, 2.24) is 15.1 Å². The Balaban J connectivity index is 1.35. The first-order chi connectivity index (χ1) is 11.2. The van der Waals surface area contributed by atoms with Crippen LogP contribution in [0.1, 0.15) is 51.4 Å². The zero-order valence-electron chi connectivity index (χ0n) is 14.2. The number of likely N-dealkylation sites (tertiary alicyclic amines) is 2. The van der Waals surface area contributed by atoms with Crippen molar-refractivity contribution in [3.8, 4) is 6.07 Å². The molecule has 0 aromatic rings. The fourth-order valence-electron chi connectivity index (χ4n) is 4.30. The Hall–Kier alpha value is -1.28. The summed E-state index contributed by atoms with van der Waals surface area (Å²) in [4.78, 5) is 16.8. The van der Waals surface area contributed by atoms with Crippen LogP contribution >= 0.6 is 0 Å². The maximum Gasteiger partial charge on any atom is 0.317 e. The molecule has 3 rings (SSSR count). The molecule has 0 atom stereocenters. The Labute approximate surface area is 140 Å². The van der Waals surface area contributed by atoms with Gasteiger partial charge in [0.15, 0.2) is 0 Å². The number of amides is 2. The summed E-state index contributed by atoms with van der Waals surface area (Å²) in [6, 6.07) is 2.72. The van der Waals surface area contributed by atoms with Gasteiger partial charge in [0, 0.05) is 44.7 Å². The van der Waals surface area contributed by atoms with E-state index in [1.807, 2.05) is 4.90 Å². The van der Waals surface area contributed by atoms with E-state index in [-0.39, 0.29) is 11.9 Å². The molecule has 2 aliphatic heterocycles. The summed E-state index contributed by atoms with van der Waals surface area (Å²) in [5.74, 6) is 1.06. The van der Waals surface area contributed by atoms with Crippen molar-refractivity contribution in [2.45, 2.75) is 57.4 Å². The topological polar surface area (TPSA) is 59.4 Å². The van der Waals surface area contributed by atoms with Crippen LogP contribution in [-0.2, 0) is 0 Å². The van der Waals surface area contributed by atoms with Gasteiger partial charge in [0.1, 0.15) is 0 Å². The summed E-state index contributed by atoms with van der Waals surface area (Å²) in [5.41, 5.74) is 0. The van der Waals surface area contributed by atoms with E-state index in [2.05, 4.69) is 16.3 Å². The van der Waals surface area contributed by atoms with Crippen LogP contribution in [0.15, 0.2) is 0 Å². The summed E-state index contributed by atoms with van der Waals surface area (Å²) in [5, 5.41) is 12.1. The van der Waals surface area contributed by atoms with Crippen molar-refractivity contribution in [3.63, 3.8) is 0 Å². The molecule has 2 amide bonds. The Morgan fingerprint density at radius 1 is 1.00 bits per heavy atom. The second-order valence-electron chi connectivity index (χ2n) is 7.57. The molecule has 2 heterocycles. The molecule has 128 valence electrons. The lowest BCUT2D eigenvalue weighted by Gasteiger charge is -2.36. The number of nitrogens with one attached hydrogen (secondary N) is 1. The monoisotopic (exact) mass is 318 g/mol. The third-order valence-corrected chi connectivity index (χ3v) is 5.87. The first kappa shape index (κ1) is 16.6. The Morgan fingerprint density at radius 3 is 2.26 bits per heavy atom. The van der Waals surface area contributed by atoms with Crippen LogP contribution < -0.4 is 5.32 Å². The van der Waals surface area contributed by atoms with Gasteiger partial charge >= 0.3 is 6.03 Å². The highest BCUT2D eigenvalue weighted by atomic mass is 16.2. The standard InChI is InChI=1S/C18H30N4O/c19-13-15-5-11-22(12-6-15)18(23)20-17-7-9-21(10-8-17)14-16-3-1-2-4-16/h15-17H,1-12,14H2,(H,20,23). The van der Waals surface area contributed by atoms with Crippen LogP contribution in [-0.4, -0.2) is 54.6 Å². The van der Waals surface area contributed by atoms with Crippen LogP contribution in [0.25, 0.3) is 0 Å². The van der Waals surface area contributed by atoms with Gasteiger partial charge in [-0.25, -0.2) is 4.79 Å². The van der Waals surface area contributed by atoms with Gasteiger partial charge in [0.2, 0.25) is 0 Å². The van der Waals surface area contributed by atoms with Crippen molar-refractivity contribution >= 4 is 6.03 Å². The molecule has 1 N–H and O–H groups in total. The molecule has 0 aromatic carbocycles. The van der Waals surface area contributed by atoms with Gasteiger partial charge in [-0.15, -0.1) is 0 Å². The van der Waals surface area contributed by atoms with Gasteiger partial charge < -0.3 is 15.1 Å². The minimum atomic E-state index is 0.0793. The van der Waals surface area contributed by atoms with E-state index >= 15 is 0 Å². The number of urea groups is 1. The van der Waals surface area contributed by atoms with Gasteiger partial charge in [-0.2, -0.15) is 5.26 Å². The molecule has 0 bridgehead atoms. The molecule has 23 heavy (non-hydrogen) atoms. The van der Waals surface area contributed by atoms with Crippen molar-refractivity contribution in [2.75, 3.05) is 32.7 Å². The summed E-state index contributed by atoms with van der Waals surface area (Å²) < 4.78 is 0. The average molecular weight is 318 g/mol. The van der Waals surface area contributed by atoms with E-state index in [0.29, 0.717) is 6.04 Å². The van der Waals surface area contributed by atoms with Crippen molar-refractivity contribution in [2.24, 2.45) is 11.8 Å². The normalized spacial score (nSPS) is 25.4. The highest BCUT2D eigenvalue weighted by molar-refractivity contribution is 5.74. The predicted molar refractivity (Wildman–Crippen MR) is 89.9 cm³/mol. The Bertz CT molecular complexity index is 425. The molecular weight excluding hydrogens is 288 g/mol. The molecule has 3 fully saturated rings. The number of nitrogens with zero attached hydrogens (tertiary/aromatic N) is 3. The van der Waals surface area contributed by atoms with E-state index in [1.165, 1.54) is 32.2 Å². The second-order valence-corrected chi connectivity index (χ2v) is 7.57. The zero-order valence-corrected chi connectivity index (χ0v) is 14.2. The highest BCUT2D eigenvalue weighted by Gasteiger charge is 2.27. The molecule has 0 spiro atoms. The van der Waals surface area contributed by atoms with Crippen molar-refractivity contribution in [3.05, 3.63) is 0 Å². The minimum Gasteiger partial charge on any atom is -0.335 e. The number of hydrogen-bond acceptors (Lipinski definition) is 3. The van der Waals surface area contributed by atoms with Gasteiger partial charge in [0.05, 0.1) is 6.07 Å². The summed E-state index contributed by atoms with van der Waals surface area (Å²) in [6.45, 7) is 4.97. The van der Waals surface area contributed by atoms with E-state index in [1.54, 1.807) is 0 Å². The molecule has 0 radical (unpaired) electrons. The largest absolute Gasteiger partial charge is 0.335 e. The number of piperidine rings is 2. The Kier molecular flexibility index (Phi) is 5.77. The molecule has 5 heteroatoms. The number of carbonyl (C=O) groups is 1. The molecular formula is C18H30N4O. The van der Waals surface area contributed by atoms with E-state index in [0.717, 1.165) is 57.8 Å². The van der Waals surface area contributed by atoms with E-state index in [4.69, 9.17) is 5.26 Å². The summed E-state index contributed by atoms with van der Waals surface area (Å²) >= 11 is 0. The molecule has 2 saturated heterocycles. The number of hydrogen-bond donors (Lipinski definition) is 1. The third kappa shape index (κ3) is 4.60.